The van der Waals surface area contributed by atoms with E-state index >= 15 is 0 Å². The number of hydrogen-bond donors (Lipinski definition) is 0. The number of fused-ring (bicyclic) bond motifs is 1. The maximum absolute atomic E-state index is 4.49. The summed E-state index contributed by atoms with van der Waals surface area (Å²) >= 11 is 0. The van der Waals surface area contributed by atoms with Crippen LogP contribution in [0.2, 0.25) is 0 Å². The van der Waals surface area contributed by atoms with Gasteiger partial charge in [-0.05, 0) is 31.9 Å². The molecule has 0 spiro atoms. The van der Waals surface area contributed by atoms with Crippen LogP contribution in [0.1, 0.15) is 23.9 Å². The first-order chi connectivity index (χ1) is 6.22. The molecule has 13 heavy (non-hydrogen) atoms. The van der Waals surface area contributed by atoms with Gasteiger partial charge in [-0.2, -0.15) is 0 Å². The molecule has 2 heterocycles. The normalized spacial score (nSPS) is 11.0. The van der Waals surface area contributed by atoms with E-state index in [-0.39, 0.29) is 0 Å². The number of rotatable bonds is 1. The summed E-state index contributed by atoms with van der Waals surface area (Å²) in [5, 5.41) is 0. The van der Waals surface area contributed by atoms with Crippen molar-refractivity contribution in [3.63, 3.8) is 0 Å². The first-order valence-corrected chi connectivity index (χ1v) is 4.66. The number of nitrogens with zero attached hydrogens (tertiary/aromatic N) is 2. The highest BCUT2D eigenvalue weighted by atomic mass is 15.0. The fourth-order valence-electron chi connectivity index (χ4n) is 1.74. The second-order valence-corrected chi connectivity index (χ2v) is 3.43. The van der Waals surface area contributed by atoms with Gasteiger partial charge in [0.1, 0.15) is 5.65 Å². The Morgan fingerprint density at radius 1 is 1.31 bits per heavy atom. The monoisotopic (exact) mass is 174 g/mol. The quantitative estimate of drug-likeness (QED) is 0.649. The SMILES string of the molecule is CCc1c(C)nc2ccc(C)cn12. The average molecular weight is 174 g/mol. The summed E-state index contributed by atoms with van der Waals surface area (Å²) < 4.78 is 2.19. The van der Waals surface area contributed by atoms with Crippen LogP contribution in [0, 0.1) is 13.8 Å². The Morgan fingerprint density at radius 2 is 2.08 bits per heavy atom. The fraction of sp³-hybridized carbons (Fsp3) is 0.364. The number of pyridine rings is 1. The molecule has 0 amide bonds. The second kappa shape index (κ2) is 2.87. The van der Waals surface area contributed by atoms with Gasteiger partial charge in [-0.15, -0.1) is 0 Å². The van der Waals surface area contributed by atoms with Crippen molar-refractivity contribution in [2.45, 2.75) is 27.2 Å². The predicted molar refractivity (Wildman–Crippen MR) is 54.0 cm³/mol. The predicted octanol–water partition coefficient (Wildman–Crippen LogP) is 2.51. The minimum absolute atomic E-state index is 1.04. The van der Waals surface area contributed by atoms with Crippen LogP contribution in [0.4, 0.5) is 0 Å². The van der Waals surface area contributed by atoms with Crippen molar-refractivity contribution >= 4 is 5.65 Å². The molecule has 0 unspecified atom stereocenters. The Bertz CT molecular complexity index is 441. The number of aromatic nitrogens is 2. The van der Waals surface area contributed by atoms with Gasteiger partial charge in [-0.3, -0.25) is 0 Å². The van der Waals surface area contributed by atoms with E-state index in [0.29, 0.717) is 0 Å². The molecule has 0 aliphatic heterocycles. The molecular weight excluding hydrogens is 160 g/mol. The summed E-state index contributed by atoms with van der Waals surface area (Å²) in [5.41, 5.74) is 4.80. The smallest absolute Gasteiger partial charge is 0.137 e. The van der Waals surface area contributed by atoms with Crippen LogP contribution in [0.25, 0.3) is 5.65 Å². The molecule has 0 saturated heterocycles. The van der Waals surface area contributed by atoms with E-state index in [1.807, 2.05) is 0 Å². The lowest BCUT2D eigenvalue weighted by atomic mass is 10.3. The van der Waals surface area contributed by atoms with E-state index < -0.39 is 0 Å². The molecule has 0 fully saturated rings. The van der Waals surface area contributed by atoms with Gasteiger partial charge in [0.25, 0.3) is 0 Å². The van der Waals surface area contributed by atoms with Crippen molar-refractivity contribution in [2.24, 2.45) is 0 Å². The summed E-state index contributed by atoms with van der Waals surface area (Å²) in [6.07, 6.45) is 3.19. The van der Waals surface area contributed by atoms with Crippen LogP contribution in [0.3, 0.4) is 0 Å². The van der Waals surface area contributed by atoms with Crippen molar-refractivity contribution in [1.29, 1.82) is 0 Å². The summed E-state index contributed by atoms with van der Waals surface area (Å²) in [6, 6.07) is 4.17. The third-order valence-corrected chi connectivity index (χ3v) is 2.40. The molecule has 0 atom stereocenters. The zero-order valence-electron chi connectivity index (χ0n) is 8.33. The van der Waals surface area contributed by atoms with Crippen LogP contribution in [-0.4, -0.2) is 9.38 Å². The molecule has 2 aromatic heterocycles. The highest BCUT2D eigenvalue weighted by molar-refractivity contribution is 5.44. The molecular formula is C11H14N2. The second-order valence-electron chi connectivity index (χ2n) is 3.43. The van der Waals surface area contributed by atoms with Gasteiger partial charge in [0.05, 0.1) is 5.69 Å². The summed E-state index contributed by atoms with van der Waals surface area (Å²) in [6.45, 7) is 6.34. The molecule has 0 bridgehead atoms. The van der Waals surface area contributed by atoms with Gasteiger partial charge in [0, 0.05) is 11.9 Å². The number of aryl methyl sites for hydroxylation is 3. The molecule has 2 nitrogen and oxygen atoms in total. The number of imidazole rings is 1. The minimum Gasteiger partial charge on any atom is -0.304 e. The van der Waals surface area contributed by atoms with Crippen LogP contribution >= 0.6 is 0 Å². The zero-order chi connectivity index (χ0) is 9.42. The van der Waals surface area contributed by atoms with E-state index in [4.69, 9.17) is 0 Å². The van der Waals surface area contributed by atoms with Gasteiger partial charge >= 0.3 is 0 Å². The van der Waals surface area contributed by atoms with E-state index in [0.717, 1.165) is 17.8 Å². The van der Waals surface area contributed by atoms with Crippen molar-refractivity contribution in [3.8, 4) is 0 Å². The highest BCUT2D eigenvalue weighted by Crippen LogP contribution is 2.13. The Labute approximate surface area is 78.2 Å². The molecule has 0 N–H and O–H groups in total. The summed E-state index contributed by atoms with van der Waals surface area (Å²) in [5.74, 6) is 0. The maximum atomic E-state index is 4.49. The van der Waals surface area contributed by atoms with Gasteiger partial charge < -0.3 is 4.40 Å². The van der Waals surface area contributed by atoms with Crippen molar-refractivity contribution in [2.75, 3.05) is 0 Å². The summed E-state index contributed by atoms with van der Waals surface area (Å²) in [4.78, 5) is 4.49. The van der Waals surface area contributed by atoms with Gasteiger partial charge in [0.2, 0.25) is 0 Å². The molecule has 0 aliphatic carbocycles. The Hall–Kier alpha value is -1.31. The minimum atomic E-state index is 1.04. The average Bonchev–Trinajstić information content (AvgIpc) is 2.40. The lowest BCUT2D eigenvalue weighted by Gasteiger charge is -1.99. The maximum Gasteiger partial charge on any atom is 0.137 e. The Morgan fingerprint density at radius 3 is 2.77 bits per heavy atom. The van der Waals surface area contributed by atoms with Gasteiger partial charge in [-0.25, -0.2) is 4.98 Å². The molecule has 0 radical (unpaired) electrons. The highest BCUT2D eigenvalue weighted by Gasteiger charge is 2.05. The van der Waals surface area contributed by atoms with Crippen LogP contribution in [-0.2, 0) is 6.42 Å². The van der Waals surface area contributed by atoms with Crippen LogP contribution < -0.4 is 0 Å². The van der Waals surface area contributed by atoms with Crippen molar-refractivity contribution < 1.29 is 0 Å². The molecule has 0 aliphatic rings. The Kier molecular flexibility index (Phi) is 1.83. The van der Waals surface area contributed by atoms with Crippen LogP contribution in [0.5, 0.6) is 0 Å². The molecule has 2 aromatic rings. The first kappa shape index (κ1) is 8.30. The topological polar surface area (TPSA) is 17.3 Å². The number of hydrogen-bond acceptors (Lipinski definition) is 1. The van der Waals surface area contributed by atoms with Crippen molar-refractivity contribution in [3.05, 3.63) is 35.3 Å². The standard InChI is InChI=1S/C11H14N2/c1-4-10-9(3)12-11-6-5-8(2)7-13(10)11/h5-7H,4H2,1-3H3. The van der Waals surface area contributed by atoms with Crippen LogP contribution in [0.15, 0.2) is 18.3 Å². The summed E-state index contributed by atoms with van der Waals surface area (Å²) in [7, 11) is 0. The molecule has 2 rings (SSSR count). The third-order valence-electron chi connectivity index (χ3n) is 2.40. The van der Waals surface area contributed by atoms with E-state index in [2.05, 4.69) is 48.5 Å². The first-order valence-electron chi connectivity index (χ1n) is 4.66. The fourth-order valence-corrected chi connectivity index (χ4v) is 1.74. The lowest BCUT2D eigenvalue weighted by Crippen LogP contribution is -1.92. The molecule has 2 heteroatoms. The molecule has 68 valence electrons. The van der Waals surface area contributed by atoms with Crippen molar-refractivity contribution in [1.82, 2.24) is 9.38 Å². The zero-order valence-corrected chi connectivity index (χ0v) is 8.33. The largest absolute Gasteiger partial charge is 0.304 e. The lowest BCUT2D eigenvalue weighted by molar-refractivity contribution is 0.972. The third kappa shape index (κ3) is 1.22. The van der Waals surface area contributed by atoms with E-state index in [1.165, 1.54) is 11.3 Å². The Balaban J connectivity index is 2.80. The van der Waals surface area contributed by atoms with E-state index in [9.17, 15) is 0 Å². The van der Waals surface area contributed by atoms with E-state index in [1.54, 1.807) is 0 Å². The van der Waals surface area contributed by atoms with Gasteiger partial charge in [0.15, 0.2) is 0 Å². The molecule has 0 saturated carbocycles. The van der Waals surface area contributed by atoms with Gasteiger partial charge in [-0.1, -0.05) is 13.0 Å². The molecule has 0 aromatic carbocycles.